The lowest BCUT2D eigenvalue weighted by Crippen LogP contribution is -2.62. The third kappa shape index (κ3) is 2.09. The number of piperidine rings is 1. The summed E-state index contributed by atoms with van der Waals surface area (Å²) in [5.41, 5.74) is 0.0552. The minimum atomic E-state index is -0.0408. The highest BCUT2D eigenvalue weighted by Crippen LogP contribution is 2.32. The van der Waals surface area contributed by atoms with E-state index in [1.165, 1.54) is 0 Å². The van der Waals surface area contributed by atoms with E-state index in [4.69, 9.17) is 5.11 Å². The van der Waals surface area contributed by atoms with Gasteiger partial charge < -0.3 is 15.3 Å². The van der Waals surface area contributed by atoms with Crippen LogP contribution in [-0.2, 0) is 4.79 Å². The molecule has 92 valence electrons. The third-order valence-electron chi connectivity index (χ3n) is 3.90. The average molecular weight is 226 g/mol. The van der Waals surface area contributed by atoms with Gasteiger partial charge in [-0.15, -0.1) is 0 Å². The second-order valence-electron chi connectivity index (χ2n) is 5.77. The molecule has 0 aromatic heterocycles. The van der Waals surface area contributed by atoms with Gasteiger partial charge in [0.2, 0.25) is 5.91 Å². The van der Waals surface area contributed by atoms with Gasteiger partial charge >= 0.3 is 0 Å². The Bertz CT molecular complexity index is 272. The van der Waals surface area contributed by atoms with Crippen LogP contribution in [0.1, 0.15) is 26.7 Å². The molecule has 2 N–H and O–H groups in total. The highest BCUT2D eigenvalue weighted by atomic mass is 16.3. The molecule has 2 heterocycles. The summed E-state index contributed by atoms with van der Waals surface area (Å²) in [5.74, 6) is 0.519. The summed E-state index contributed by atoms with van der Waals surface area (Å²) >= 11 is 0. The van der Waals surface area contributed by atoms with E-state index in [1.807, 2.05) is 4.90 Å². The number of carbonyl (C=O) groups excluding carboxylic acids is 1. The molecule has 0 bridgehead atoms. The summed E-state index contributed by atoms with van der Waals surface area (Å²) in [4.78, 5) is 14.1. The molecule has 16 heavy (non-hydrogen) atoms. The topological polar surface area (TPSA) is 52.6 Å². The Kier molecular flexibility index (Phi) is 3.22. The molecular weight excluding hydrogens is 204 g/mol. The molecule has 0 aromatic rings. The number of nitrogens with one attached hydrogen (secondary N) is 1. The molecule has 1 amide bonds. The fraction of sp³-hybridized carbons (Fsp3) is 0.917. The average Bonchev–Trinajstić information content (AvgIpc) is 2.15. The fourth-order valence-corrected chi connectivity index (χ4v) is 2.68. The molecule has 2 aliphatic heterocycles. The van der Waals surface area contributed by atoms with Crippen LogP contribution in [0.15, 0.2) is 0 Å². The van der Waals surface area contributed by atoms with Gasteiger partial charge in [-0.3, -0.25) is 4.79 Å². The molecule has 2 aliphatic rings. The fourth-order valence-electron chi connectivity index (χ4n) is 2.68. The Labute approximate surface area is 97.0 Å². The van der Waals surface area contributed by atoms with Crippen molar-refractivity contribution in [2.24, 2.45) is 11.3 Å². The summed E-state index contributed by atoms with van der Waals surface area (Å²) in [6.07, 6.45) is 2.25. The molecule has 0 aromatic carbocycles. The summed E-state index contributed by atoms with van der Waals surface area (Å²) in [6.45, 7) is 6.91. The lowest BCUT2D eigenvalue weighted by Gasteiger charge is -2.45. The van der Waals surface area contributed by atoms with E-state index < -0.39 is 0 Å². The molecule has 0 spiro atoms. The van der Waals surface area contributed by atoms with E-state index in [2.05, 4.69) is 19.2 Å². The smallest absolute Gasteiger partial charge is 0.240 e. The summed E-state index contributed by atoms with van der Waals surface area (Å²) in [7, 11) is 0. The van der Waals surface area contributed by atoms with Crippen molar-refractivity contribution in [3.63, 3.8) is 0 Å². The van der Waals surface area contributed by atoms with E-state index in [0.29, 0.717) is 5.92 Å². The lowest BCUT2D eigenvalue weighted by molar-refractivity contribution is -0.144. The van der Waals surface area contributed by atoms with E-state index >= 15 is 0 Å². The number of hydrogen-bond acceptors (Lipinski definition) is 3. The van der Waals surface area contributed by atoms with Crippen molar-refractivity contribution in [3.05, 3.63) is 0 Å². The first kappa shape index (κ1) is 11.9. The van der Waals surface area contributed by atoms with Gasteiger partial charge in [-0.2, -0.15) is 0 Å². The van der Waals surface area contributed by atoms with E-state index in [9.17, 15) is 4.79 Å². The van der Waals surface area contributed by atoms with Crippen LogP contribution < -0.4 is 5.32 Å². The minimum Gasteiger partial charge on any atom is -0.396 e. The normalized spacial score (nSPS) is 29.9. The predicted molar refractivity (Wildman–Crippen MR) is 62.0 cm³/mol. The SMILES string of the molecule is CC1(C)CCCNC1C(=O)N1CC(CO)C1. The largest absolute Gasteiger partial charge is 0.396 e. The van der Waals surface area contributed by atoms with Crippen molar-refractivity contribution >= 4 is 5.91 Å². The van der Waals surface area contributed by atoms with Crippen LogP contribution in [0, 0.1) is 11.3 Å². The van der Waals surface area contributed by atoms with Gasteiger partial charge in [0.05, 0.1) is 6.04 Å². The Hall–Kier alpha value is -0.610. The molecule has 0 aliphatic carbocycles. The van der Waals surface area contributed by atoms with Crippen LogP contribution in [0.3, 0.4) is 0 Å². The van der Waals surface area contributed by atoms with Crippen LogP contribution in [0.5, 0.6) is 0 Å². The van der Waals surface area contributed by atoms with E-state index in [-0.39, 0.29) is 24.0 Å². The van der Waals surface area contributed by atoms with Crippen LogP contribution in [-0.4, -0.2) is 48.2 Å². The molecule has 1 atom stereocenters. The van der Waals surface area contributed by atoms with Gasteiger partial charge in [-0.25, -0.2) is 0 Å². The minimum absolute atomic E-state index is 0.0408. The number of hydrogen-bond donors (Lipinski definition) is 2. The number of likely N-dealkylation sites (tertiary alicyclic amines) is 1. The maximum absolute atomic E-state index is 12.2. The Balaban J connectivity index is 1.94. The quantitative estimate of drug-likeness (QED) is 0.708. The molecule has 2 fully saturated rings. The van der Waals surface area contributed by atoms with Gasteiger partial charge in [0.15, 0.2) is 0 Å². The first-order valence-electron chi connectivity index (χ1n) is 6.17. The third-order valence-corrected chi connectivity index (χ3v) is 3.90. The number of rotatable bonds is 2. The molecule has 1 unspecified atom stereocenters. The Morgan fingerprint density at radius 2 is 2.19 bits per heavy atom. The molecule has 2 saturated heterocycles. The number of aliphatic hydroxyl groups excluding tert-OH is 1. The van der Waals surface area contributed by atoms with Gasteiger partial charge in [-0.05, 0) is 24.8 Å². The van der Waals surface area contributed by atoms with Crippen molar-refractivity contribution in [1.29, 1.82) is 0 Å². The maximum Gasteiger partial charge on any atom is 0.240 e. The molecular formula is C12H22N2O2. The Morgan fingerprint density at radius 1 is 1.50 bits per heavy atom. The molecule has 4 nitrogen and oxygen atoms in total. The van der Waals surface area contributed by atoms with Crippen LogP contribution in [0.2, 0.25) is 0 Å². The predicted octanol–water partition coefficient (Wildman–Crippen LogP) is 0.215. The molecule has 4 heteroatoms. The maximum atomic E-state index is 12.2. The standard InChI is InChI=1S/C12H22N2O2/c1-12(2)4-3-5-13-10(12)11(16)14-6-9(7-14)8-15/h9-10,13,15H,3-8H2,1-2H3. The van der Waals surface area contributed by atoms with Crippen molar-refractivity contribution in [2.75, 3.05) is 26.2 Å². The second kappa shape index (κ2) is 4.34. The van der Waals surface area contributed by atoms with Crippen molar-refractivity contribution in [1.82, 2.24) is 10.2 Å². The van der Waals surface area contributed by atoms with Crippen LogP contribution in [0.4, 0.5) is 0 Å². The van der Waals surface area contributed by atoms with Gasteiger partial charge in [0.25, 0.3) is 0 Å². The number of nitrogens with zero attached hydrogens (tertiary/aromatic N) is 1. The number of carbonyl (C=O) groups is 1. The van der Waals surface area contributed by atoms with E-state index in [1.54, 1.807) is 0 Å². The second-order valence-corrected chi connectivity index (χ2v) is 5.77. The lowest BCUT2D eigenvalue weighted by atomic mass is 9.76. The van der Waals surface area contributed by atoms with Crippen LogP contribution >= 0.6 is 0 Å². The highest BCUT2D eigenvalue weighted by Gasteiger charge is 2.42. The summed E-state index contributed by atoms with van der Waals surface area (Å²) in [6, 6.07) is -0.0408. The molecule has 0 radical (unpaired) electrons. The molecule has 0 saturated carbocycles. The van der Waals surface area contributed by atoms with Crippen LogP contribution in [0.25, 0.3) is 0 Å². The number of aliphatic hydroxyl groups is 1. The van der Waals surface area contributed by atoms with Crippen molar-refractivity contribution in [2.45, 2.75) is 32.7 Å². The van der Waals surface area contributed by atoms with Gasteiger partial charge in [0.1, 0.15) is 0 Å². The number of amides is 1. The Morgan fingerprint density at radius 3 is 2.75 bits per heavy atom. The highest BCUT2D eigenvalue weighted by molar-refractivity contribution is 5.83. The monoisotopic (exact) mass is 226 g/mol. The zero-order valence-corrected chi connectivity index (χ0v) is 10.2. The van der Waals surface area contributed by atoms with Crippen molar-refractivity contribution < 1.29 is 9.90 Å². The summed E-state index contributed by atoms with van der Waals surface area (Å²) < 4.78 is 0. The van der Waals surface area contributed by atoms with Crippen molar-refractivity contribution in [3.8, 4) is 0 Å². The van der Waals surface area contributed by atoms with Gasteiger partial charge in [0, 0.05) is 25.6 Å². The van der Waals surface area contributed by atoms with Gasteiger partial charge in [-0.1, -0.05) is 13.8 Å². The zero-order chi connectivity index (χ0) is 11.8. The summed E-state index contributed by atoms with van der Waals surface area (Å²) in [5, 5.41) is 12.3. The first-order chi connectivity index (χ1) is 7.54. The zero-order valence-electron chi connectivity index (χ0n) is 10.2. The molecule has 2 rings (SSSR count). The first-order valence-corrected chi connectivity index (χ1v) is 6.17. The van der Waals surface area contributed by atoms with E-state index in [0.717, 1.165) is 32.5 Å².